The Bertz CT molecular complexity index is 832. The second kappa shape index (κ2) is 6.43. The number of carbonyl (C=O) groups excluding carboxylic acids is 1. The van der Waals surface area contributed by atoms with Crippen LogP contribution in [0, 0.1) is 13.8 Å². The number of benzene rings is 2. The predicted octanol–water partition coefficient (Wildman–Crippen LogP) is 5.18. The van der Waals surface area contributed by atoms with Crippen molar-refractivity contribution in [2.45, 2.75) is 13.8 Å². The van der Waals surface area contributed by atoms with Crippen molar-refractivity contribution in [1.29, 1.82) is 0 Å². The number of Topliss-reactive ketones (excluding diaryl/α,β-unsaturated/α-hetero) is 1. The minimum Gasteiger partial charge on any atom is -0.318 e. The van der Waals surface area contributed by atoms with E-state index in [1.807, 2.05) is 38.1 Å². The van der Waals surface area contributed by atoms with Crippen molar-refractivity contribution in [2.75, 3.05) is 5.88 Å². The van der Waals surface area contributed by atoms with Gasteiger partial charge in [-0.05, 0) is 43.2 Å². The van der Waals surface area contributed by atoms with Gasteiger partial charge in [-0.1, -0.05) is 42.5 Å². The van der Waals surface area contributed by atoms with Gasteiger partial charge in [0.25, 0.3) is 0 Å². The molecule has 0 aliphatic heterocycles. The number of nitrogens with zero attached hydrogens (tertiary/aromatic N) is 1. The Hall–Kier alpha value is -2.32. The van der Waals surface area contributed by atoms with Gasteiger partial charge in [0.15, 0.2) is 5.78 Å². The van der Waals surface area contributed by atoms with Gasteiger partial charge < -0.3 is 4.57 Å². The highest BCUT2D eigenvalue weighted by molar-refractivity contribution is 6.30. The Morgan fingerprint density at radius 3 is 2.17 bits per heavy atom. The van der Waals surface area contributed by atoms with Gasteiger partial charge in [-0.2, -0.15) is 0 Å². The molecule has 1 aromatic heterocycles. The van der Waals surface area contributed by atoms with Crippen LogP contribution in [0.15, 0.2) is 60.7 Å². The number of aromatic nitrogens is 1. The summed E-state index contributed by atoms with van der Waals surface area (Å²) in [6, 6.07) is 20.6. The molecule has 0 spiro atoms. The molecule has 2 aromatic carbocycles. The first-order valence-electron chi connectivity index (χ1n) is 7.56. The van der Waals surface area contributed by atoms with Crippen molar-refractivity contribution in [1.82, 2.24) is 4.57 Å². The third kappa shape index (κ3) is 2.95. The van der Waals surface area contributed by atoms with E-state index in [9.17, 15) is 4.79 Å². The molecule has 0 atom stereocenters. The van der Waals surface area contributed by atoms with Gasteiger partial charge in [-0.3, -0.25) is 4.79 Å². The Morgan fingerprint density at radius 1 is 0.957 bits per heavy atom. The molecule has 2 nitrogen and oxygen atoms in total. The predicted molar refractivity (Wildman–Crippen MR) is 95.7 cm³/mol. The van der Waals surface area contributed by atoms with Crippen LogP contribution >= 0.6 is 11.6 Å². The van der Waals surface area contributed by atoms with E-state index in [4.69, 9.17) is 11.6 Å². The zero-order valence-corrected chi connectivity index (χ0v) is 14.0. The van der Waals surface area contributed by atoms with Gasteiger partial charge in [0.1, 0.15) is 0 Å². The van der Waals surface area contributed by atoms with Gasteiger partial charge >= 0.3 is 0 Å². The van der Waals surface area contributed by atoms with Crippen LogP contribution in [0.2, 0.25) is 0 Å². The van der Waals surface area contributed by atoms with E-state index in [1.54, 1.807) is 0 Å². The van der Waals surface area contributed by atoms with Crippen LogP contribution in [0.25, 0.3) is 16.8 Å². The highest BCUT2D eigenvalue weighted by atomic mass is 35.5. The summed E-state index contributed by atoms with van der Waals surface area (Å²) in [4.78, 5) is 11.9. The molecule has 116 valence electrons. The molecule has 0 saturated carbocycles. The lowest BCUT2D eigenvalue weighted by atomic mass is 10.1. The molecule has 0 amide bonds. The number of halogens is 1. The molecule has 0 N–H and O–H groups in total. The van der Waals surface area contributed by atoms with E-state index in [1.165, 1.54) is 11.1 Å². The average molecular weight is 324 g/mol. The Balaban J connectivity index is 2.00. The number of hydrogen-bond donors (Lipinski definition) is 0. The van der Waals surface area contributed by atoms with E-state index in [-0.39, 0.29) is 11.7 Å². The molecule has 1 heterocycles. The largest absolute Gasteiger partial charge is 0.318 e. The fourth-order valence-electron chi connectivity index (χ4n) is 2.95. The number of rotatable bonds is 4. The Morgan fingerprint density at radius 2 is 1.57 bits per heavy atom. The van der Waals surface area contributed by atoms with Crippen molar-refractivity contribution in [2.24, 2.45) is 0 Å². The normalized spacial score (nSPS) is 10.7. The molecule has 23 heavy (non-hydrogen) atoms. The minimum atomic E-state index is -0.0353. The summed E-state index contributed by atoms with van der Waals surface area (Å²) in [5, 5.41) is 0. The number of hydrogen-bond acceptors (Lipinski definition) is 1. The molecule has 0 bridgehead atoms. The SMILES string of the molecule is Cc1cc(C(=O)CCl)c(C)n1-c1ccc(-c2ccccc2)cc1. The maximum atomic E-state index is 11.9. The van der Waals surface area contributed by atoms with Gasteiger partial charge in [0.2, 0.25) is 0 Å². The molecule has 0 aliphatic rings. The Labute approximate surface area is 141 Å². The summed E-state index contributed by atoms with van der Waals surface area (Å²) in [7, 11) is 0. The first-order valence-corrected chi connectivity index (χ1v) is 8.09. The maximum Gasteiger partial charge on any atom is 0.179 e. The van der Waals surface area contributed by atoms with Crippen LogP contribution in [0.1, 0.15) is 21.7 Å². The molecular weight excluding hydrogens is 306 g/mol. The maximum absolute atomic E-state index is 11.9. The number of carbonyl (C=O) groups is 1. The van der Waals surface area contributed by atoms with Gasteiger partial charge in [0.05, 0.1) is 5.88 Å². The van der Waals surface area contributed by atoms with Crippen LogP contribution in [0.4, 0.5) is 0 Å². The third-order valence-electron chi connectivity index (χ3n) is 4.09. The molecule has 3 rings (SSSR count). The van der Waals surface area contributed by atoms with E-state index in [0.717, 1.165) is 17.1 Å². The summed E-state index contributed by atoms with van der Waals surface area (Å²) in [6.07, 6.45) is 0. The topological polar surface area (TPSA) is 22.0 Å². The zero-order chi connectivity index (χ0) is 16.4. The van der Waals surface area contributed by atoms with Crippen LogP contribution in [0.3, 0.4) is 0 Å². The van der Waals surface area contributed by atoms with Gasteiger partial charge in [0, 0.05) is 22.6 Å². The van der Waals surface area contributed by atoms with Crippen molar-refractivity contribution in [3.05, 3.63) is 77.6 Å². The molecular formula is C20H18ClNO. The lowest BCUT2D eigenvalue weighted by Gasteiger charge is -2.11. The molecule has 0 fully saturated rings. The fourth-order valence-corrected chi connectivity index (χ4v) is 3.09. The average Bonchev–Trinajstić information content (AvgIpc) is 2.90. The van der Waals surface area contributed by atoms with Crippen molar-refractivity contribution >= 4 is 17.4 Å². The quantitative estimate of drug-likeness (QED) is 0.479. The van der Waals surface area contributed by atoms with Gasteiger partial charge in [-0.15, -0.1) is 11.6 Å². The highest BCUT2D eigenvalue weighted by Gasteiger charge is 2.15. The Kier molecular flexibility index (Phi) is 4.35. The number of alkyl halides is 1. The molecule has 0 saturated heterocycles. The van der Waals surface area contributed by atoms with Crippen molar-refractivity contribution in [3.63, 3.8) is 0 Å². The lowest BCUT2D eigenvalue weighted by molar-refractivity contribution is 0.102. The third-order valence-corrected chi connectivity index (χ3v) is 4.33. The van der Waals surface area contributed by atoms with E-state index < -0.39 is 0 Å². The lowest BCUT2D eigenvalue weighted by Crippen LogP contribution is -2.04. The molecule has 0 aliphatic carbocycles. The fraction of sp³-hybridized carbons (Fsp3) is 0.150. The van der Waals surface area contributed by atoms with Crippen LogP contribution in [-0.2, 0) is 0 Å². The molecule has 3 aromatic rings. The second-order valence-corrected chi connectivity index (χ2v) is 5.86. The summed E-state index contributed by atoms with van der Waals surface area (Å²) in [6.45, 7) is 3.96. The van der Waals surface area contributed by atoms with E-state index >= 15 is 0 Å². The number of aryl methyl sites for hydroxylation is 1. The van der Waals surface area contributed by atoms with Crippen LogP contribution in [0.5, 0.6) is 0 Å². The van der Waals surface area contributed by atoms with Crippen molar-refractivity contribution in [3.8, 4) is 16.8 Å². The van der Waals surface area contributed by atoms with Crippen molar-refractivity contribution < 1.29 is 4.79 Å². The summed E-state index contributed by atoms with van der Waals surface area (Å²) in [5.41, 5.74) is 6.08. The van der Waals surface area contributed by atoms with Crippen LogP contribution < -0.4 is 0 Å². The first-order chi connectivity index (χ1) is 11.1. The summed E-state index contributed by atoms with van der Waals surface area (Å²) < 4.78 is 2.09. The zero-order valence-electron chi connectivity index (χ0n) is 13.2. The van der Waals surface area contributed by atoms with E-state index in [2.05, 4.69) is 41.0 Å². The second-order valence-electron chi connectivity index (χ2n) is 5.59. The smallest absolute Gasteiger partial charge is 0.179 e. The summed E-state index contributed by atoms with van der Waals surface area (Å²) in [5.74, 6) is -0.0241. The van der Waals surface area contributed by atoms with Crippen LogP contribution in [-0.4, -0.2) is 16.2 Å². The molecule has 0 unspecified atom stereocenters. The molecule has 0 radical (unpaired) electrons. The molecule has 3 heteroatoms. The highest BCUT2D eigenvalue weighted by Crippen LogP contribution is 2.25. The standard InChI is InChI=1S/C20H18ClNO/c1-14-12-19(20(23)13-21)15(2)22(14)18-10-8-17(9-11-18)16-6-4-3-5-7-16/h3-12H,13H2,1-2H3. The van der Waals surface area contributed by atoms with E-state index in [0.29, 0.717) is 5.56 Å². The monoisotopic (exact) mass is 323 g/mol. The summed E-state index contributed by atoms with van der Waals surface area (Å²) >= 11 is 5.70. The minimum absolute atomic E-state index is 0.0111. The first kappa shape index (κ1) is 15.6. The van der Waals surface area contributed by atoms with Gasteiger partial charge in [-0.25, -0.2) is 0 Å². The number of ketones is 1.